The first-order chi connectivity index (χ1) is 16.6. The first kappa shape index (κ1) is 25.6. The van der Waals surface area contributed by atoms with E-state index >= 15 is 0 Å². The zero-order chi connectivity index (χ0) is 25.3. The van der Waals surface area contributed by atoms with Crippen molar-refractivity contribution < 1.29 is 14.3 Å². The summed E-state index contributed by atoms with van der Waals surface area (Å²) in [7, 11) is 0. The normalized spacial score (nSPS) is 11.6. The molecule has 4 nitrogen and oxygen atoms in total. The maximum absolute atomic E-state index is 13.7. The van der Waals surface area contributed by atoms with E-state index in [1.165, 1.54) is 30.0 Å². The molecule has 9 heteroatoms. The number of imidazole rings is 1. The predicted octanol–water partition coefficient (Wildman–Crippen LogP) is 8.29. The average molecular weight is 550 g/mol. The Morgan fingerprint density at radius 2 is 1.74 bits per heavy atom. The Balaban J connectivity index is 1.79. The molecule has 0 radical (unpaired) electrons. The van der Waals surface area contributed by atoms with Crippen molar-refractivity contribution in [3.63, 3.8) is 0 Å². The van der Waals surface area contributed by atoms with Gasteiger partial charge in [-0.05, 0) is 59.7 Å². The molecule has 0 aliphatic heterocycles. The van der Waals surface area contributed by atoms with E-state index in [1.54, 1.807) is 36.5 Å². The third-order valence-corrected chi connectivity index (χ3v) is 7.73. The van der Waals surface area contributed by atoms with Gasteiger partial charge in [0.25, 0.3) is 0 Å². The topological polar surface area (TPSA) is 55.1 Å². The molecule has 4 aromatic rings. The van der Waals surface area contributed by atoms with E-state index in [4.69, 9.17) is 34.8 Å². The molecule has 0 spiro atoms. The second-order valence-electron chi connectivity index (χ2n) is 8.39. The lowest BCUT2D eigenvalue weighted by Crippen LogP contribution is -2.23. The molecule has 4 rings (SSSR count). The Labute approximate surface area is 221 Å². The smallest absolute Gasteiger partial charge is 0.336 e. The zero-order valence-corrected chi connectivity index (χ0v) is 21.8. The lowest BCUT2D eigenvalue weighted by atomic mass is 9.81. The Morgan fingerprint density at radius 1 is 1.03 bits per heavy atom. The van der Waals surface area contributed by atoms with Crippen LogP contribution in [0, 0.1) is 5.82 Å². The van der Waals surface area contributed by atoms with Gasteiger partial charge in [0.2, 0.25) is 0 Å². The van der Waals surface area contributed by atoms with Gasteiger partial charge in [-0.3, -0.25) is 4.57 Å². The minimum absolute atomic E-state index is 0.140. The third kappa shape index (κ3) is 5.36. The number of nitrogens with zero attached hydrogens (tertiary/aromatic N) is 2. The van der Waals surface area contributed by atoms with Crippen molar-refractivity contribution in [3.8, 4) is 5.69 Å². The SMILES string of the molecule is CC(C)(c1ccc(Cl)c(Cl)c1)c1cnc(SCc2ccc(Cl)cc2C(=O)O)n1-c1ccc(F)cc1. The van der Waals surface area contributed by atoms with Crippen LogP contribution in [0.15, 0.2) is 72.0 Å². The number of rotatable bonds is 7. The van der Waals surface area contributed by atoms with Crippen molar-refractivity contribution in [1.29, 1.82) is 0 Å². The molecule has 35 heavy (non-hydrogen) atoms. The Hall–Kier alpha value is -2.51. The molecule has 0 fully saturated rings. The van der Waals surface area contributed by atoms with E-state index in [0.29, 0.717) is 31.5 Å². The first-order valence-corrected chi connectivity index (χ1v) is 12.6. The van der Waals surface area contributed by atoms with Crippen molar-refractivity contribution in [2.45, 2.75) is 30.2 Å². The van der Waals surface area contributed by atoms with E-state index < -0.39 is 11.4 Å². The van der Waals surface area contributed by atoms with Crippen LogP contribution < -0.4 is 0 Å². The van der Waals surface area contributed by atoms with E-state index in [9.17, 15) is 14.3 Å². The number of aromatic nitrogens is 2. The molecule has 180 valence electrons. The number of benzene rings is 3. The van der Waals surface area contributed by atoms with Gasteiger partial charge in [0.1, 0.15) is 5.82 Å². The average Bonchev–Trinajstić information content (AvgIpc) is 3.25. The van der Waals surface area contributed by atoms with E-state index in [0.717, 1.165) is 16.9 Å². The third-order valence-electron chi connectivity index (χ3n) is 5.76. The van der Waals surface area contributed by atoms with Gasteiger partial charge in [0, 0.05) is 21.9 Å². The largest absolute Gasteiger partial charge is 0.478 e. The summed E-state index contributed by atoms with van der Waals surface area (Å²) >= 11 is 19.8. The zero-order valence-electron chi connectivity index (χ0n) is 18.7. The molecule has 1 aromatic heterocycles. The highest BCUT2D eigenvalue weighted by Crippen LogP contribution is 2.38. The fourth-order valence-electron chi connectivity index (χ4n) is 3.77. The highest BCUT2D eigenvalue weighted by Gasteiger charge is 2.30. The number of thioether (sulfide) groups is 1. The van der Waals surface area contributed by atoms with Gasteiger partial charge < -0.3 is 5.11 Å². The molecule has 0 aliphatic rings. The molecule has 0 amide bonds. The van der Waals surface area contributed by atoms with Crippen LogP contribution in [0.1, 0.15) is 41.0 Å². The lowest BCUT2D eigenvalue weighted by Gasteiger charge is -2.28. The molecule has 1 heterocycles. The molecule has 0 bridgehead atoms. The van der Waals surface area contributed by atoms with Gasteiger partial charge in [0.15, 0.2) is 5.16 Å². The van der Waals surface area contributed by atoms with Gasteiger partial charge in [-0.15, -0.1) is 0 Å². The van der Waals surface area contributed by atoms with Crippen molar-refractivity contribution in [3.05, 3.63) is 110 Å². The Bertz CT molecular complexity index is 1400. The molecular weight excluding hydrogens is 530 g/mol. The van der Waals surface area contributed by atoms with Crippen molar-refractivity contribution in [2.24, 2.45) is 0 Å². The molecule has 3 aromatic carbocycles. The second-order valence-corrected chi connectivity index (χ2v) is 10.6. The number of halogens is 4. The minimum Gasteiger partial charge on any atom is -0.478 e. The summed E-state index contributed by atoms with van der Waals surface area (Å²) in [6, 6.07) is 16.4. The maximum Gasteiger partial charge on any atom is 0.336 e. The van der Waals surface area contributed by atoms with Gasteiger partial charge in [0.05, 0.1) is 27.5 Å². The maximum atomic E-state index is 13.7. The summed E-state index contributed by atoms with van der Waals surface area (Å²) in [5, 5.41) is 11.5. The van der Waals surface area contributed by atoms with Crippen LogP contribution in [0.5, 0.6) is 0 Å². The molecule has 0 atom stereocenters. The molecule has 0 unspecified atom stereocenters. The molecule has 0 aliphatic carbocycles. The first-order valence-electron chi connectivity index (χ1n) is 10.5. The number of carboxylic acid groups (broad SMARTS) is 1. The Morgan fingerprint density at radius 3 is 2.40 bits per heavy atom. The molecular formula is C26H20Cl3FN2O2S. The van der Waals surface area contributed by atoms with Gasteiger partial charge in [-0.2, -0.15) is 0 Å². The number of carboxylic acids is 1. The summed E-state index contributed by atoms with van der Waals surface area (Å²) in [6.07, 6.45) is 1.77. The number of hydrogen-bond donors (Lipinski definition) is 1. The molecule has 0 saturated carbocycles. The van der Waals surface area contributed by atoms with E-state index in [2.05, 4.69) is 4.98 Å². The van der Waals surface area contributed by atoms with Crippen LogP contribution in [-0.2, 0) is 11.2 Å². The predicted molar refractivity (Wildman–Crippen MR) is 140 cm³/mol. The van der Waals surface area contributed by atoms with Gasteiger partial charge in [-0.25, -0.2) is 14.2 Å². The molecule has 1 N–H and O–H groups in total. The fourth-order valence-corrected chi connectivity index (χ4v) is 5.23. The van der Waals surface area contributed by atoms with Gasteiger partial charge >= 0.3 is 5.97 Å². The van der Waals surface area contributed by atoms with Crippen molar-refractivity contribution in [2.75, 3.05) is 0 Å². The highest BCUT2D eigenvalue weighted by atomic mass is 35.5. The van der Waals surface area contributed by atoms with Crippen LogP contribution >= 0.6 is 46.6 Å². The fraction of sp³-hybridized carbons (Fsp3) is 0.154. The summed E-state index contributed by atoms with van der Waals surface area (Å²) in [4.78, 5) is 16.4. The highest BCUT2D eigenvalue weighted by molar-refractivity contribution is 7.98. The summed E-state index contributed by atoms with van der Waals surface area (Å²) in [6.45, 7) is 4.08. The number of hydrogen-bond acceptors (Lipinski definition) is 3. The van der Waals surface area contributed by atoms with E-state index in [1.807, 2.05) is 30.5 Å². The minimum atomic E-state index is -1.05. The van der Waals surface area contributed by atoms with Gasteiger partial charge in [-0.1, -0.05) is 72.5 Å². The Kier molecular flexibility index (Phi) is 7.48. The second kappa shape index (κ2) is 10.2. The van der Waals surface area contributed by atoms with Crippen molar-refractivity contribution >= 4 is 52.5 Å². The van der Waals surface area contributed by atoms with Crippen LogP contribution in [-0.4, -0.2) is 20.6 Å². The number of carbonyl (C=O) groups is 1. The van der Waals surface area contributed by atoms with Crippen LogP contribution in [0.25, 0.3) is 5.69 Å². The van der Waals surface area contributed by atoms with Crippen LogP contribution in [0.4, 0.5) is 4.39 Å². The van der Waals surface area contributed by atoms with Crippen LogP contribution in [0.3, 0.4) is 0 Å². The summed E-state index contributed by atoms with van der Waals surface area (Å²) in [5.74, 6) is -1.05. The summed E-state index contributed by atoms with van der Waals surface area (Å²) < 4.78 is 15.7. The molecule has 0 saturated heterocycles. The quantitative estimate of drug-likeness (QED) is 0.236. The van der Waals surface area contributed by atoms with Crippen LogP contribution in [0.2, 0.25) is 15.1 Å². The van der Waals surface area contributed by atoms with E-state index in [-0.39, 0.29) is 11.4 Å². The summed E-state index contributed by atoms with van der Waals surface area (Å²) in [5.41, 5.74) is 2.72. The lowest BCUT2D eigenvalue weighted by molar-refractivity contribution is 0.0696. The number of aromatic carboxylic acids is 1. The van der Waals surface area contributed by atoms with Crippen molar-refractivity contribution in [1.82, 2.24) is 9.55 Å². The standard InChI is InChI=1S/C26H20Cl3FN2O2S/c1-26(2,16-4-10-21(28)22(29)11-16)23-13-31-25(32(23)19-8-6-18(30)7-9-19)35-14-15-3-5-17(27)12-20(15)24(33)34/h3-13H,14H2,1-2H3,(H,33,34). The monoisotopic (exact) mass is 548 g/mol.